The number of nitrogens with one attached hydrogen (secondary N) is 3. The number of carbonyl (C=O) groups is 2. The van der Waals surface area contributed by atoms with Gasteiger partial charge in [0.25, 0.3) is 0 Å². The molecule has 0 radical (unpaired) electrons. The molecule has 7 heteroatoms. The summed E-state index contributed by atoms with van der Waals surface area (Å²) in [5, 5.41) is 10.9. The van der Waals surface area contributed by atoms with E-state index < -0.39 is 12.0 Å². The Bertz CT molecular complexity index is 829. The summed E-state index contributed by atoms with van der Waals surface area (Å²) in [7, 11) is 0. The number of aryl methyl sites for hydroxylation is 1. The maximum atomic E-state index is 12.7. The third-order valence-electron chi connectivity index (χ3n) is 4.24. The highest BCUT2D eigenvalue weighted by molar-refractivity contribution is 7.09. The van der Waals surface area contributed by atoms with Crippen LogP contribution in [0.1, 0.15) is 29.0 Å². The first kappa shape index (κ1) is 19.1. The molecular formula is C20H23N3O3S. The highest BCUT2D eigenvalue weighted by Gasteiger charge is 2.33. The SMILES string of the molecule is CCOC(=O)C1=C(CNCc2cccs2)NC(=O)NC1c1ccc(C)cc1. The lowest BCUT2D eigenvalue weighted by molar-refractivity contribution is -0.139. The lowest BCUT2D eigenvalue weighted by Crippen LogP contribution is -2.48. The van der Waals surface area contributed by atoms with Gasteiger partial charge in [0.1, 0.15) is 0 Å². The Hall–Kier alpha value is -2.64. The summed E-state index contributed by atoms with van der Waals surface area (Å²) in [5.41, 5.74) is 2.92. The van der Waals surface area contributed by atoms with Crippen molar-refractivity contribution in [2.45, 2.75) is 26.4 Å². The molecule has 0 bridgehead atoms. The zero-order chi connectivity index (χ0) is 19.2. The van der Waals surface area contributed by atoms with E-state index in [2.05, 4.69) is 16.0 Å². The smallest absolute Gasteiger partial charge is 0.338 e. The Kier molecular flexibility index (Phi) is 6.26. The zero-order valence-corrected chi connectivity index (χ0v) is 16.2. The summed E-state index contributed by atoms with van der Waals surface area (Å²) in [4.78, 5) is 26.1. The first-order chi connectivity index (χ1) is 13.1. The number of thiophene rings is 1. The molecule has 0 saturated carbocycles. The molecule has 2 amide bonds. The monoisotopic (exact) mass is 385 g/mol. The third-order valence-corrected chi connectivity index (χ3v) is 5.12. The molecule has 0 spiro atoms. The maximum absolute atomic E-state index is 12.7. The summed E-state index contributed by atoms with van der Waals surface area (Å²) in [6, 6.07) is 10.9. The molecule has 3 rings (SSSR count). The number of hydrogen-bond donors (Lipinski definition) is 3. The van der Waals surface area contributed by atoms with Crippen molar-refractivity contribution in [3.63, 3.8) is 0 Å². The van der Waals surface area contributed by atoms with Crippen molar-refractivity contribution in [3.8, 4) is 0 Å². The van der Waals surface area contributed by atoms with Gasteiger partial charge in [0, 0.05) is 23.7 Å². The van der Waals surface area contributed by atoms with Crippen LogP contribution in [0.25, 0.3) is 0 Å². The molecule has 0 fully saturated rings. The van der Waals surface area contributed by atoms with Crippen LogP contribution in [0.3, 0.4) is 0 Å². The van der Waals surface area contributed by atoms with Gasteiger partial charge in [-0.05, 0) is 30.9 Å². The van der Waals surface area contributed by atoms with Crippen LogP contribution >= 0.6 is 11.3 Å². The van der Waals surface area contributed by atoms with Crippen molar-refractivity contribution in [3.05, 3.63) is 69.1 Å². The largest absolute Gasteiger partial charge is 0.463 e. The zero-order valence-electron chi connectivity index (χ0n) is 15.4. The molecule has 1 aromatic carbocycles. The molecule has 2 aromatic rings. The predicted octanol–water partition coefficient (Wildman–Crippen LogP) is 3.02. The van der Waals surface area contributed by atoms with Crippen molar-refractivity contribution in [2.24, 2.45) is 0 Å². The van der Waals surface area contributed by atoms with E-state index in [1.165, 1.54) is 4.88 Å². The second-order valence-electron chi connectivity index (χ2n) is 6.24. The van der Waals surface area contributed by atoms with E-state index in [4.69, 9.17) is 4.74 Å². The number of esters is 1. The van der Waals surface area contributed by atoms with Gasteiger partial charge in [-0.15, -0.1) is 11.3 Å². The van der Waals surface area contributed by atoms with E-state index in [1.54, 1.807) is 18.3 Å². The molecule has 27 heavy (non-hydrogen) atoms. The van der Waals surface area contributed by atoms with Crippen LogP contribution in [-0.2, 0) is 16.1 Å². The molecule has 6 nitrogen and oxygen atoms in total. The van der Waals surface area contributed by atoms with Crippen LogP contribution in [0.4, 0.5) is 4.79 Å². The highest BCUT2D eigenvalue weighted by Crippen LogP contribution is 2.28. The number of benzene rings is 1. The highest BCUT2D eigenvalue weighted by atomic mass is 32.1. The number of ether oxygens (including phenoxy) is 1. The van der Waals surface area contributed by atoms with Crippen molar-refractivity contribution in [1.82, 2.24) is 16.0 Å². The minimum Gasteiger partial charge on any atom is -0.463 e. The summed E-state index contributed by atoms with van der Waals surface area (Å²) in [6.07, 6.45) is 0. The first-order valence-electron chi connectivity index (χ1n) is 8.85. The Morgan fingerprint density at radius 3 is 2.67 bits per heavy atom. The lowest BCUT2D eigenvalue weighted by Gasteiger charge is -2.29. The van der Waals surface area contributed by atoms with Crippen molar-refractivity contribution >= 4 is 23.3 Å². The van der Waals surface area contributed by atoms with Gasteiger partial charge < -0.3 is 20.7 Å². The lowest BCUT2D eigenvalue weighted by atomic mass is 9.94. The molecule has 1 atom stereocenters. The number of rotatable bonds is 7. The van der Waals surface area contributed by atoms with Crippen LogP contribution in [0.5, 0.6) is 0 Å². The Morgan fingerprint density at radius 2 is 2.00 bits per heavy atom. The molecule has 0 saturated heterocycles. The van der Waals surface area contributed by atoms with Crippen LogP contribution in [0, 0.1) is 6.92 Å². The number of carbonyl (C=O) groups excluding carboxylic acids is 2. The van der Waals surface area contributed by atoms with Crippen molar-refractivity contribution in [1.29, 1.82) is 0 Å². The number of urea groups is 1. The van der Waals surface area contributed by atoms with Crippen LogP contribution in [-0.4, -0.2) is 25.2 Å². The fraction of sp³-hybridized carbons (Fsp3) is 0.300. The normalized spacial score (nSPS) is 16.7. The summed E-state index contributed by atoms with van der Waals surface area (Å²) >= 11 is 1.65. The predicted molar refractivity (Wildman–Crippen MR) is 105 cm³/mol. The van der Waals surface area contributed by atoms with Gasteiger partial charge >= 0.3 is 12.0 Å². The minimum absolute atomic E-state index is 0.271. The summed E-state index contributed by atoms with van der Waals surface area (Å²) < 4.78 is 5.26. The fourth-order valence-electron chi connectivity index (χ4n) is 2.94. The Balaban J connectivity index is 1.88. The second kappa shape index (κ2) is 8.83. The van der Waals surface area contributed by atoms with E-state index >= 15 is 0 Å². The molecule has 3 N–H and O–H groups in total. The Morgan fingerprint density at radius 1 is 1.22 bits per heavy atom. The Labute approximate surface area is 162 Å². The number of amides is 2. The molecule has 1 aliphatic heterocycles. The van der Waals surface area contributed by atoms with Gasteiger partial charge in [0.05, 0.1) is 18.2 Å². The average Bonchev–Trinajstić information content (AvgIpc) is 3.15. The van der Waals surface area contributed by atoms with Crippen LogP contribution in [0.15, 0.2) is 53.0 Å². The second-order valence-corrected chi connectivity index (χ2v) is 7.27. The fourth-order valence-corrected chi connectivity index (χ4v) is 3.61. The number of hydrogen-bond acceptors (Lipinski definition) is 5. The van der Waals surface area contributed by atoms with Gasteiger partial charge in [-0.2, -0.15) is 0 Å². The van der Waals surface area contributed by atoms with Crippen LogP contribution in [0.2, 0.25) is 0 Å². The molecule has 1 unspecified atom stereocenters. The molecular weight excluding hydrogens is 362 g/mol. The van der Waals surface area contributed by atoms with E-state index in [1.807, 2.05) is 48.7 Å². The summed E-state index contributed by atoms with van der Waals surface area (Å²) in [6.45, 7) is 5.06. The maximum Gasteiger partial charge on any atom is 0.338 e. The topological polar surface area (TPSA) is 79.5 Å². The van der Waals surface area contributed by atoms with Gasteiger partial charge in [-0.1, -0.05) is 35.9 Å². The average molecular weight is 385 g/mol. The molecule has 142 valence electrons. The van der Waals surface area contributed by atoms with E-state index in [0.29, 0.717) is 24.4 Å². The van der Waals surface area contributed by atoms with Gasteiger partial charge in [-0.3, -0.25) is 0 Å². The minimum atomic E-state index is -0.545. The third kappa shape index (κ3) is 4.75. The van der Waals surface area contributed by atoms with Crippen molar-refractivity contribution in [2.75, 3.05) is 13.2 Å². The summed E-state index contributed by atoms with van der Waals surface area (Å²) in [5.74, 6) is -0.427. The van der Waals surface area contributed by atoms with Gasteiger partial charge in [-0.25, -0.2) is 9.59 Å². The van der Waals surface area contributed by atoms with E-state index in [9.17, 15) is 9.59 Å². The van der Waals surface area contributed by atoms with Crippen LogP contribution < -0.4 is 16.0 Å². The first-order valence-corrected chi connectivity index (χ1v) is 9.73. The quantitative estimate of drug-likeness (QED) is 0.640. The van der Waals surface area contributed by atoms with E-state index in [-0.39, 0.29) is 12.6 Å². The van der Waals surface area contributed by atoms with E-state index in [0.717, 1.165) is 11.1 Å². The molecule has 1 aliphatic rings. The molecule has 1 aromatic heterocycles. The molecule has 2 heterocycles. The van der Waals surface area contributed by atoms with Crippen molar-refractivity contribution < 1.29 is 14.3 Å². The van der Waals surface area contributed by atoms with Gasteiger partial charge in [0.2, 0.25) is 0 Å². The van der Waals surface area contributed by atoms with Gasteiger partial charge in [0.15, 0.2) is 0 Å². The standard InChI is InChI=1S/C20H23N3O3S/c1-3-26-19(24)17-16(12-21-11-15-5-4-10-27-15)22-20(25)23-18(17)14-8-6-13(2)7-9-14/h4-10,18,21H,3,11-12H2,1-2H3,(H2,22,23,25). The molecule has 0 aliphatic carbocycles.